The van der Waals surface area contributed by atoms with Crippen molar-refractivity contribution in [3.8, 4) is 11.1 Å². The minimum absolute atomic E-state index is 0.776. The summed E-state index contributed by atoms with van der Waals surface area (Å²) in [5.74, 6) is 0.776. The van der Waals surface area contributed by atoms with E-state index >= 15 is 0 Å². The van der Waals surface area contributed by atoms with Gasteiger partial charge in [0.05, 0.1) is 0 Å². The van der Waals surface area contributed by atoms with E-state index in [-0.39, 0.29) is 0 Å². The molecule has 1 atom stereocenters. The quantitative estimate of drug-likeness (QED) is 0.690. The molecular formula is C17H20. The maximum atomic E-state index is 2.31. The van der Waals surface area contributed by atoms with E-state index in [1.807, 2.05) is 0 Å². The largest absolute Gasteiger partial charge is 0.0651 e. The van der Waals surface area contributed by atoms with Crippen LogP contribution in [0.1, 0.15) is 25.8 Å². The van der Waals surface area contributed by atoms with Gasteiger partial charge in [-0.25, -0.2) is 0 Å². The first-order valence-electron chi connectivity index (χ1n) is 6.44. The smallest absolute Gasteiger partial charge is 0.0184 e. The van der Waals surface area contributed by atoms with Crippen molar-refractivity contribution in [1.29, 1.82) is 0 Å². The Labute approximate surface area is 104 Å². The fourth-order valence-corrected chi connectivity index (χ4v) is 2.01. The molecule has 0 saturated carbocycles. The summed E-state index contributed by atoms with van der Waals surface area (Å²) in [6, 6.07) is 19.5. The van der Waals surface area contributed by atoms with Crippen LogP contribution >= 0.6 is 0 Å². The molecule has 0 aliphatic rings. The van der Waals surface area contributed by atoms with E-state index in [9.17, 15) is 0 Å². The summed E-state index contributed by atoms with van der Waals surface area (Å²) < 4.78 is 0. The zero-order valence-electron chi connectivity index (χ0n) is 10.7. The average molecular weight is 224 g/mol. The summed E-state index contributed by atoms with van der Waals surface area (Å²) in [6.45, 7) is 4.56. The molecule has 0 saturated heterocycles. The molecule has 0 aliphatic heterocycles. The van der Waals surface area contributed by atoms with Crippen molar-refractivity contribution >= 4 is 0 Å². The summed E-state index contributed by atoms with van der Waals surface area (Å²) in [4.78, 5) is 0. The highest BCUT2D eigenvalue weighted by Crippen LogP contribution is 2.20. The van der Waals surface area contributed by atoms with Crippen molar-refractivity contribution in [1.82, 2.24) is 0 Å². The minimum Gasteiger partial charge on any atom is -0.0651 e. The van der Waals surface area contributed by atoms with Crippen molar-refractivity contribution in [2.24, 2.45) is 5.92 Å². The normalized spacial score (nSPS) is 12.4. The Morgan fingerprint density at radius 1 is 0.824 bits per heavy atom. The second-order valence-corrected chi connectivity index (χ2v) is 4.78. The molecule has 2 aromatic rings. The van der Waals surface area contributed by atoms with E-state index in [1.165, 1.54) is 29.5 Å². The molecule has 0 nitrogen and oxygen atoms in total. The van der Waals surface area contributed by atoms with Gasteiger partial charge in [-0.2, -0.15) is 0 Å². The fourth-order valence-electron chi connectivity index (χ4n) is 2.01. The van der Waals surface area contributed by atoms with Gasteiger partial charge in [-0.3, -0.25) is 0 Å². The van der Waals surface area contributed by atoms with Gasteiger partial charge in [-0.05, 0) is 29.0 Å². The fraction of sp³-hybridized carbons (Fsp3) is 0.294. The summed E-state index contributed by atoms with van der Waals surface area (Å²) in [5.41, 5.74) is 4.04. The number of hydrogen-bond acceptors (Lipinski definition) is 0. The van der Waals surface area contributed by atoms with Crippen LogP contribution in [0, 0.1) is 5.92 Å². The summed E-state index contributed by atoms with van der Waals surface area (Å²) in [5, 5.41) is 0. The lowest BCUT2D eigenvalue weighted by Crippen LogP contribution is -1.97. The van der Waals surface area contributed by atoms with Gasteiger partial charge in [-0.1, -0.05) is 74.9 Å². The topological polar surface area (TPSA) is 0 Å². The summed E-state index contributed by atoms with van der Waals surface area (Å²) >= 11 is 0. The Bertz CT molecular complexity index is 439. The predicted octanol–water partition coefficient (Wildman–Crippen LogP) is 4.94. The van der Waals surface area contributed by atoms with Crippen molar-refractivity contribution < 1.29 is 0 Å². The lowest BCUT2D eigenvalue weighted by atomic mass is 9.97. The molecule has 0 bridgehead atoms. The Morgan fingerprint density at radius 2 is 1.41 bits per heavy atom. The lowest BCUT2D eigenvalue weighted by Gasteiger charge is -2.09. The summed E-state index contributed by atoms with van der Waals surface area (Å²) in [7, 11) is 0. The van der Waals surface area contributed by atoms with E-state index in [0.717, 1.165) is 5.92 Å². The van der Waals surface area contributed by atoms with Gasteiger partial charge in [0.25, 0.3) is 0 Å². The van der Waals surface area contributed by atoms with Crippen molar-refractivity contribution in [3.63, 3.8) is 0 Å². The van der Waals surface area contributed by atoms with E-state index in [4.69, 9.17) is 0 Å². The molecule has 0 radical (unpaired) electrons. The molecule has 0 aliphatic carbocycles. The van der Waals surface area contributed by atoms with Crippen LogP contribution in [-0.4, -0.2) is 0 Å². The van der Waals surface area contributed by atoms with E-state index in [2.05, 4.69) is 68.4 Å². The third-order valence-electron chi connectivity index (χ3n) is 3.34. The predicted molar refractivity (Wildman–Crippen MR) is 75.0 cm³/mol. The maximum Gasteiger partial charge on any atom is -0.0184 e. The first kappa shape index (κ1) is 11.9. The molecule has 0 fully saturated rings. The van der Waals surface area contributed by atoms with Gasteiger partial charge in [0.1, 0.15) is 0 Å². The molecule has 2 aromatic carbocycles. The Morgan fingerprint density at radius 3 is 2.00 bits per heavy atom. The molecule has 17 heavy (non-hydrogen) atoms. The molecule has 0 N–H and O–H groups in total. The van der Waals surface area contributed by atoms with Crippen molar-refractivity contribution in [2.75, 3.05) is 0 Å². The Balaban J connectivity index is 2.13. The van der Waals surface area contributed by atoms with Crippen LogP contribution in [0.15, 0.2) is 54.6 Å². The molecule has 0 heteroatoms. The second-order valence-electron chi connectivity index (χ2n) is 4.78. The number of benzene rings is 2. The van der Waals surface area contributed by atoms with Crippen LogP contribution < -0.4 is 0 Å². The SMILES string of the molecule is CC[C@@H](C)Cc1ccc(-c2ccccc2)cc1. The first-order chi connectivity index (χ1) is 8.29. The van der Waals surface area contributed by atoms with Crippen LogP contribution in [0.5, 0.6) is 0 Å². The van der Waals surface area contributed by atoms with Crippen LogP contribution in [-0.2, 0) is 6.42 Å². The number of rotatable bonds is 4. The molecule has 0 aromatic heterocycles. The highest BCUT2D eigenvalue weighted by atomic mass is 14.1. The molecule has 0 unspecified atom stereocenters. The van der Waals surface area contributed by atoms with Crippen molar-refractivity contribution in [3.05, 3.63) is 60.2 Å². The van der Waals surface area contributed by atoms with Gasteiger partial charge < -0.3 is 0 Å². The standard InChI is InChI=1S/C17H20/c1-3-14(2)13-15-9-11-17(12-10-15)16-7-5-4-6-8-16/h4-12,14H,3,13H2,1-2H3/t14-/m1/s1. The van der Waals surface area contributed by atoms with Crippen LogP contribution in [0.3, 0.4) is 0 Å². The zero-order chi connectivity index (χ0) is 12.1. The van der Waals surface area contributed by atoms with Crippen LogP contribution in [0.25, 0.3) is 11.1 Å². The van der Waals surface area contributed by atoms with E-state index < -0.39 is 0 Å². The van der Waals surface area contributed by atoms with Gasteiger partial charge in [0.15, 0.2) is 0 Å². The van der Waals surface area contributed by atoms with Gasteiger partial charge >= 0.3 is 0 Å². The third kappa shape index (κ3) is 3.20. The molecule has 0 spiro atoms. The maximum absolute atomic E-state index is 2.31. The minimum atomic E-state index is 0.776. The van der Waals surface area contributed by atoms with Crippen molar-refractivity contribution in [2.45, 2.75) is 26.7 Å². The Hall–Kier alpha value is -1.56. The van der Waals surface area contributed by atoms with Gasteiger partial charge in [-0.15, -0.1) is 0 Å². The van der Waals surface area contributed by atoms with E-state index in [0.29, 0.717) is 0 Å². The van der Waals surface area contributed by atoms with Gasteiger partial charge in [0, 0.05) is 0 Å². The van der Waals surface area contributed by atoms with Crippen LogP contribution in [0.2, 0.25) is 0 Å². The average Bonchev–Trinajstić information content (AvgIpc) is 2.40. The first-order valence-corrected chi connectivity index (χ1v) is 6.44. The molecular weight excluding hydrogens is 204 g/mol. The lowest BCUT2D eigenvalue weighted by molar-refractivity contribution is 0.560. The highest BCUT2D eigenvalue weighted by Gasteiger charge is 2.01. The molecule has 0 amide bonds. The Kier molecular flexibility index (Phi) is 3.98. The molecule has 0 heterocycles. The van der Waals surface area contributed by atoms with E-state index in [1.54, 1.807) is 0 Å². The number of hydrogen-bond donors (Lipinski definition) is 0. The summed E-state index contributed by atoms with van der Waals surface area (Å²) in [6.07, 6.45) is 2.44. The third-order valence-corrected chi connectivity index (χ3v) is 3.34. The second kappa shape index (κ2) is 5.67. The highest BCUT2D eigenvalue weighted by molar-refractivity contribution is 5.63. The molecule has 88 valence electrons. The zero-order valence-corrected chi connectivity index (χ0v) is 10.7. The van der Waals surface area contributed by atoms with Crippen LogP contribution in [0.4, 0.5) is 0 Å². The monoisotopic (exact) mass is 224 g/mol. The molecule has 2 rings (SSSR count). The van der Waals surface area contributed by atoms with Gasteiger partial charge in [0.2, 0.25) is 0 Å².